The van der Waals surface area contributed by atoms with E-state index in [0.717, 1.165) is 33.1 Å². The summed E-state index contributed by atoms with van der Waals surface area (Å²) in [6.07, 6.45) is 0. The molecule has 0 bridgehead atoms. The quantitative estimate of drug-likeness (QED) is 0.255. The molecule has 35 heavy (non-hydrogen) atoms. The van der Waals surface area contributed by atoms with Crippen LogP contribution in [-0.4, -0.2) is 15.0 Å². The lowest BCUT2D eigenvalue weighted by atomic mass is 9.82. The minimum Gasteiger partial charge on any atom is -0.456 e. The second-order valence-electron chi connectivity index (χ2n) is 9.49. The zero-order chi connectivity index (χ0) is 23.7. The van der Waals surface area contributed by atoms with Crippen molar-refractivity contribution in [3.05, 3.63) is 101 Å². The van der Waals surface area contributed by atoms with Crippen LogP contribution in [0.5, 0.6) is 0 Å². The molecule has 7 rings (SSSR count). The van der Waals surface area contributed by atoms with E-state index in [9.17, 15) is 0 Å². The summed E-state index contributed by atoms with van der Waals surface area (Å²) < 4.78 is 6.06. The molecule has 0 spiro atoms. The van der Waals surface area contributed by atoms with Crippen LogP contribution < -0.4 is 0 Å². The number of hydrogen-bond donors (Lipinski definition) is 0. The summed E-state index contributed by atoms with van der Waals surface area (Å²) in [5.74, 6) is 1.07. The molecule has 0 saturated heterocycles. The third-order valence-corrected chi connectivity index (χ3v) is 7.26. The average molecular weight is 474 g/mol. The van der Waals surface area contributed by atoms with Crippen molar-refractivity contribution >= 4 is 33.5 Å². The zero-order valence-corrected chi connectivity index (χ0v) is 20.0. The van der Waals surface area contributed by atoms with E-state index in [4.69, 9.17) is 21.0 Å². The normalized spacial score (nSPS) is 13.8. The maximum Gasteiger partial charge on any atom is 0.226 e. The number of fused-ring (bicyclic) bond motifs is 6. The van der Waals surface area contributed by atoms with E-state index in [2.05, 4.69) is 72.3 Å². The minimum absolute atomic E-state index is 0.103. The van der Waals surface area contributed by atoms with Crippen LogP contribution in [-0.2, 0) is 5.41 Å². The predicted molar refractivity (Wildman–Crippen MR) is 141 cm³/mol. The van der Waals surface area contributed by atoms with Crippen LogP contribution >= 0.6 is 11.6 Å². The molecule has 4 nitrogen and oxygen atoms in total. The Kier molecular flexibility index (Phi) is 4.21. The van der Waals surface area contributed by atoms with Gasteiger partial charge >= 0.3 is 0 Å². The van der Waals surface area contributed by atoms with Gasteiger partial charge in [0.05, 0.1) is 0 Å². The molecule has 6 aromatic rings. The fraction of sp³-hybridized carbons (Fsp3) is 0.100. The minimum atomic E-state index is -0.103. The molecule has 5 heteroatoms. The summed E-state index contributed by atoms with van der Waals surface area (Å²) in [5.41, 5.74) is 8.43. The molecule has 4 aromatic carbocycles. The largest absolute Gasteiger partial charge is 0.456 e. The Morgan fingerprint density at radius 1 is 0.629 bits per heavy atom. The molecule has 0 fully saturated rings. The van der Waals surface area contributed by atoms with E-state index in [0.29, 0.717) is 11.6 Å². The fourth-order valence-electron chi connectivity index (χ4n) is 5.32. The van der Waals surface area contributed by atoms with Crippen molar-refractivity contribution in [2.45, 2.75) is 19.3 Å². The lowest BCUT2D eigenvalue weighted by molar-refractivity contribution is 0.660. The highest BCUT2D eigenvalue weighted by Crippen LogP contribution is 2.49. The van der Waals surface area contributed by atoms with Crippen LogP contribution in [0.2, 0.25) is 5.28 Å². The monoisotopic (exact) mass is 473 g/mol. The first kappa shape index (κ1) is 20.4. The maximum absolute atomic E-state index is 6.39. The lowest BCUT2D eigenvalue weighted by Crippen LogP contribution is -2.15. The van der Waals surface area contributed by atoms with Gasteiger partial charge in [0, 0.05) is 27.3 Å². The van der Waals surface area contributed by atoms with E-state index in [1.165, 1.54) is 22.3 Å². The number of benzene rings is 4. The molecular weight excluding hydrogens is 454 g/mol. The molecule has 0 aliphatic heterocycles. The Balaban J connectivity index is 1.35. The van der Waals surface area contributed by atoms with Crippen molar-refractivity contribution in [2.24, 2.45) is 0 Å². The van der Waals surface area contributed by atoms with Gasteiger partial charge in [0.15, 0.2) is 11.6 Å². The Labute approximate surface area is 207 Å². The van der Waals surface area contributed by atoms with Crippen molar-refractivity contribution in [2.75, 3.05) is 0 Å². The van der Waals surface area contributed by atoms with Gasteiger partial charge in [-0.1, -0.05) is 74.5 Å². The molecule has 168 valence electrons. The van der Waals surface area contributed by atoms with Crippen LogP contribution in [0.25, 0.3) is 55.8 Å². The van der Waals surface area contributed by atoms with E-state index in [1.54, 1.807) is 0 Å². The summed E-state index contributed by atoms with van der Waals surface area (Å²) in [6.45, 7) is 4.52. The molecule has 0 atom stereocenters. The van der Waals surface area contributed by atoms with Crippen molar-refractivity contribution in [1.29, 1.82) is 0 Å². The van der Waals surface area contributed by atoms with Crippen LogP contribution in [0.15, 0.2) is 89.3 Å². The van der Waals surface area contributed by atoms with Gasteiger partial charge in [0.2, 0.25) is 5.28 Å². The van der Waals surface area contributed by atoms with Gasteiger partial charge in [-0.15, -0.1) is 0 Å². The van der Waals surface area contributed by atoms with Gasteiger partial charge < -0.3 is 4.42 Å². The summed E-state index contributed by atoms with van der Waals surface area (Å²) in [4.78, 5) is 13.7. The van der Waals surface area contributed by atoms with Gasteiger partial charge in [-0.3, -0.25) is 0 Å². The number of para-hydroxylation sites is 1. The molecule has 0 saturated carbocycles. The highest BCUT2D eigenvalue weighted by atomic mass is 35.5. The Hall–Kier alpha value is -4.02. The first-order chi connectivity index (χ1) is 17.0. The Morgan fingerprint density at radius 3 is 2.14 bits per heavy atom. The predicted octanol–water partition coefficient (Wildman–Crippen LogP) is 8.06. The molecule has 1 aliphatic rings. The van der Waals surface area contributed by atoms with Crippen LogP contribution in [0.1, 0.15) is 25.0 Å². The average Bonchev–Trinajstić information content (AvgIpc) is 3.36. The number of halogens is 1. The number of rotatable bonds is 2. The molecule has 2 aromatic heterocycles. The summed E-state index contributed by atoms with van der Waals surface area (Å²) in [7, 11) is 0. The van der Waals surface area contributed by atoms with Crippen molar-refractivity contribution < 1.29 is 4.42 Å². The molecule has 0 radical (unpaired) electrons. The number of furan rings is 1. The summed E-state index contributed by atoms with van der Waals surface area (Å²) in [6, 6.07) is 29.0. The lowest BCUT2D eigenvalue weighted by Gasteiger charge is -2.21. The molecular formula is C30H20ClN3O. The molecule has 0 N–H and O–H groups in total. The molecule has 0 unspecified atom stereocenters. The Bertz CT molecular complexity index is 1800. The van der Waals surface area contributed by atoms with Gasteiger partial charge in [-0.2, -0.15) is 9.97 Å². The number of nitrogens with zero attached hydrogens (tertiary/aromatic N) is 3. The van der Waals surface area contributed by atoms with E-state index < -0.39 is 0 Å². The standard InChI is InChI=1S/C30H20ClN3O/c1-30(2)23-9-5-3-7-19(23)20-13-11-17(15-24(20)30)27-32-28(34-29(31)33-27)18-12-14-22-21-8-4-6-10-25(21)35-26(22)16-18/h3-16H,1-2H3. The smallest absolute Gasteiger partial charge is 0.226 e. The third kappa shape index (κ3) is 3.03. The van der Waals surface area contributed by atoms with Crippen molar-refractivity contribution in [3.8, 4) is 33.9 Å². The molecule has 1 aliphatic carbocycles. The van der Waals surface area contributed by atoms with E-state index in [-0.39, 0.29) is 10.7 Å². The molecule has 2 heterocycles. The van der Waals surface area contributed by atoms with Crippen LogP contribution in [0, 0.1) is 0 Å². The van der Waals surface area contributed by atoms with Crippen LogP contribution in [0.3, 0.4) is 0 Å². The van der Waals surface area contributed by atoms with E-state index in [1.807, 2.05) is 36.4 Å². The van der Waals surface area contributed by atoms with E-state index >= 15 is 0 Å². The maximum atomic E-state index is 6.39. The second kappa shape index (κ2) is 7.24. The van der Waals surface area contributed by atoms with Crippen molar-refractivity contribution in [3.63, 3.8) is 0 Å². The van der Waals surface area contributed by atoms with Gasteiger partial charge in [-0.25, -0.2) is 4.98 Å². The summed E-state index contributed by atoms with van der Waals surface area (Å²) >= 11 is 6.39. The topological polar surface area (TPSA) is 51.8 Å². The highest BCUT2D eigenvalue weighted by Gasteiger charge is 2.35. The first-order valence-corrected chi connectivity index (χ1v) is 11.9. The van der Waals surface area contributed by atoms with Gasteiger partial charge in [0.25, 0.3) is 0 Å². The highest BCUT2D eigenvalue weighted by molar-refractivity contribution is 6.28. The second-order valence-corrected chi connectivity index (χ2v) is 9.83. The zero-order valence-electron chi connectivity index (χ0n) is 19.2. The van der Waals surface area contributed by atoms with Gasteiger partial charge in [0.1, 0.15) is 11.2 Å². The molecule has 0 amide bonds. The Morgan fingerprint density at radius 2 is 1.29 bits per heavy atom. The number of aromatic nitrogens is 3. The SMILES string of the molecule is CC1(C)c2ccccc2-c2ccc(-c3nc(Cl)nc(-c4ccc5c(c4)oc4ccccc45)n3)cc21. The number of hydrogen-bond acceptors (Lipinski definition) is 4. The van der Waals surface area contributed by atoms with Gasteiger partial charge in [-0.05, 0) is 58.1 Å². The third-order valence-electron chi connectivity index (χ3n) is 7.09. The van der Waals surface area contributed by atoms with Crippen LogP contribution in [0.4, 0.5) is 0 Å². The first-order valence-electron chi connectivity index (χ1n) is 11.6. The fourth-order valence-corrected chi connectivity index (χ4v) is 5.48. The van der Waals surface area contributed by atoms with Crippen molar-refractivity contribution in [1.82, 2.24) is 15.0 Å². The summed E-state index contributed by atoms with van der Waals surface area (Å²) in [5, 5.41) is 2.31.